The molecular weight excluding hydrogens is 226 g/mol. The van der Waals surface area contributed by atoms with Gasteiger partial charge in [0.2, 0.25) is 5.91 Å². The van der Waals surface area contributed by atoms with Crippen molar-refractivity contribution in [2.24, 2.45) is 0 Å². The Bertz CT molecular complexity index is 494. The Kier molecular flexibility index (Phi) is 3.70. The van der Waals surface area contributed by atoms with Crippen LogP contribution in [0.3, 0.4) is 0 Å². The lowest BCUT2D eigenvalue weighted by atomic mass is 10.3. The van der Waals surface area contributed by atoms with Crippen LogP contribution in [0.2, 0.25) is 0 Å². The number of sulfone groups is 1. The van der Waals surface area contributed by atoms with Gasteiger partial charge in [0.15, 0.2) is 9.84 Å². The third-order valence-electron chi connectivity index (χ3n) is 2.41. The van der Waals surface area contributed by atoms with E-state index in [-0.39, 0.29) is 16.6 Å². The van der Waals surface area contributed by atoms with Crippen LogP contribution in [0.15, 0.2) is 29.2 Å². The molecule has 5 heteroatoms. The van der Waals surface area contributed by atoms with E-state index in [0.717, 1.165) is 0 Å². The van der Waals surface area contributed by atoms with Crippen LogP contribution in [0, 0.1) is 0 Å². The van der Waals surface area contributed by atoms with Gasteiger partial charge >= 0.3 is 0 Å². The summed E-state index contributed by atoms with van der Waals surface area (Å²) >= 11 is 0. The van der Waals surface area contributed by atoms with Crippen molar-refractivity contribution in [2.75, 3.05) is 17.7 Å². The van der Waals surface area contributed by atoms with Crippen LogP contribution in [0.1, 0.15) is 13.8 Å². The lowest BCUT2D eigenvalue weighted by Crippen LogP contribution is -2.25. The second kappa shape index (κ2) is 4.65. The van der Waals surface area contributed by atoms with E-state index in [0.29, 0.717) is 5.69 Å². The molecule has 88 valence electrons. The van der Waals surface area contributed by atoms with Crippen molar-refractivity contribution in [1.29, 1.82) is 0 Å². The first kappa shape index (κ1) is 12.7. The molecule has 16 heavy (non-hydrogen) atoms. The molecule has 0 aromatic heterocycles. The van der Waals surface area contributed by atoms with Gasteiger partial charge < -0.3 is 4.90 Å². The minimum Gasteiger partial charge on any atom is -0.314 e. The second-order valence-corrected chi connectivity index (χ2v) is 5.70. The second-order valence-electron chi connectivity index (χ2n) is 3.45. The summed E-state index contributed by atoms with van der Waals surface area (Å²) in [4.78, 5) is 12.8. The molecule has 0 saturated heterocycles. The topological polar surface area (TPSA) is 54.5 Å². The quantitative estimate of drug-likeness (QED) is 0.805. The number of anilines is 1. The smallest absolute Gasteiger partial charge is 0.223 e. The van der Waals surface area contributed by atoms with Crippen LogP contribution in [-0.4, -0.2) is 27.1 Å². The molecule has 0 saturated carbocycles. The van der Waals surface area contributed by atoms with E-state index in [9.17, 15) is 13.2 Å². The van der Waals surface area contributed by atoms with E-state index in [1.54, 1.807) is 32.2 Å². The Balaban J connectivity index is 3.37. The predicted molar refractivity (Wildman–Crippen MR) is 63.3 cm³/mol. The molecule has 1 aromatic rings. The maximum absolute atomic E-state index is 11.8. The Labute approximate surface area is 95.8 Å². The van der Waals surface area contributed by atoms with Gasteiger partial charge in [0.25, 0.3) is 0 Å². The first-order chi connectivity index (χ1) is 7.40. The van der Waals surface area contributed by atoms with E-state index in [4.69, 9.17) is 0 Å². The standard InChI is InChI=1S/C11H15NO3S/c1-4-16(14,15)11-8-6-5-7-10(11)12(3)9(2)13/h5-8H,4H2,1-3H3. The van der Waals surface area contributed by atoms with Crippen molar-refractivity contribution in [3.8, 4) is 0 Å². The molecule has 0 bridgehead atoms. The predicted octanol–water partition coefficient (Wildman–Crippen LogP) is 1.46. The van der Waals surface area contributed by atoms with Gasteiger partial charge in [0.05, 0.1) is 16.3 Å². The van der Waals surface area contributed by atoms with Gasteiger partial charge in [-0.1, -0.05) is 19.1 Å². The van der Waals surface area contributed by atoms with E-state index in [1.165, 1.54) is 17.9 Å². The minimum atomic E-state index is -3.30. The molecule has 0 N–H and O–H groups in total. The van der Waals surface area contributed by atoms with Gasteiger partial charge in [0, 0.05) is 14.0 Å². The van der Waals surface area contributed by atoms with Crippen molar-refractivity contribution in [3.63, 3.8) is 0 Å². The highest BCUT2D eigenvalue weighted by molar-refractivity contribution is 7.91. The van der Waals surface area contributed by atoms with E-state index < -0.39 is 9.84 Å². The Morgan fingerprint density at radius 1 is 1.31 bits per heavy atom. The number of hydrogen-bond acceptors (Lipinski definition) is 3. The number of para-hydroxylation sites is 1. The summed E-state index contributed by atoms with van der Waals surface area (Å²) in [5.74, 6) is -0.172. The number of carbonyl (C=O) groups is 1. The Morgan fingerprint density at radius 2 is 1.88 bits per heavy atom. The van der Waals surface area contributed by atoms with Crippen LogP contribution < -0.4 is 4.90 Å². The molecule has 1 amide bonds. The average molecular weight is 241 g/mol. The number of hydrogen-bond donors (Lipinski definition) is 0. The number of amides is 1. The highest BCUT2D eigenvalue weighted by Gasteiger charge is 2.19. The number of carbonyl (C=O) groups excluding carboxylic acids is 1. The lowest BCUT2D eigenvalue weighted by molar-refractivity contribution is -0.116. The highest BCUT2D eigenvalue weighted by Crippen LogP contribution is 2.24. The fraction of sp³-hybridized carbons (Fsp3) is 0.364. The van der Waals surface area contributed by atoms with E-state index >= 15 is 0 Å². The molecule has 0 fully saturated rings. The number of benzene rings is 1. The lowest BCUT2D eigenvalue weighted by Gasteiger charge is -2.18. The SMILES string of the molecule is CCS(=O)(=O)c1ccccc1N(C)C(C)=O. The zero-order valence-corrected chi connectivity index (χ0v) is 10.4. The first-order valence-corrected chi connectivity index (χ1v) is 6.61. The molecular formula is C11H15NO3S. The van der Waals surface area contributed by atoms with Gasteiger partial charge in [-0.05, 0) is 12.1 Å². The summed E-state index contributed by atoms with van der Waals surface area (Å²) < 4.78 is 23.6. The van der Waals surface area contributed by atoms with Gasteiger partial charge in [-0.2, -0.15) is 0 Å². The molecule has 1 aromatic carbocycles. The zero-order valence-electron chi connectivity index (χ0n) is 9.60. The van der Waals surface area contributed by atoms with Crippen LogP contribution in [0.25, 0.3) is 0 Å². The normalized spacial score (nSPS) is 11.2. The maximum Gasteiger partial charge on any atom is 0.223 e. The minimum absolute atomic E-state index is 0.0236. The fourth-order valence-corrected chi connectivity index (χ4v) is 2.44. The third-order valence-corrected chi connectivity index (χ3v) is 4.19. The van der Waals surface area contributed by atoms with Crippen LogP contribution in [0.5, 0.6) is 0 Å². The van der Waals surface area contributed by atoms with Gasteiger partial charge in [-0.3, -0.25) is 4.79 Å². The molecule has 0 heterocycles. The first-order valence-electron chi connectivity index (χ1n) is 4.96. The van der Waals surface area contributed by atoms with E-state index in [1.807, 2.05) is 0 Å². The fourth-order valence-electron chi connectivity index (χ4n) is 1.32. The number of rotatable bonds is 3. The van der Waals surface area contributed by atoms with Crippen LogP contribution in [-0.2, 0) is 14.6 Å². The average Bonchev–Trinajstić information content (AvgIpc) is 2.28. The summed E-state index contributed by atoms with van der Waals surface area (Å²) in [7, 11) is -1.74. The largest absolute Gasteiger partial charge is 0.314 e. The summed E-state index contributed by atoms with van der Waals surface area (Å²) in [6.45, 7) is 2.98. The molecule has 0 atom stereocenters. The molecule has 0 radical (unpaired) electrons. The highest BCUT2D eigenvalue weighted by atomic mass is 32.2. The summed E-state index contributed by atoms with van der Waals surface area (Å²) in [5.41, 5.74) is 0.428. The molecule has 0 aliphatic heterocycles. The zero-order chi connectivity index (χ0) is 12.3. The van der Waals surface area contributed by atoms with Crippen molar-refractivity contribution in [3.05, 3.63) is 24.3 Å². The number of nitrogens with zero attached hydrogens (tertiary/aromatic N) is 1. The molecule has 0 aliphatic rings. The van der Waals surface area contributed by atoms with Gasteiger partial charge in [-0.15, -0.1) is 0 Å². The summed E-state index contributed by atoms with van der Waals surface area (Å²) in [5, 5.41) is 0. The van der Waals surface area contributed by atoms with E-state index in [2.05, 4.69) is 0 Å². The van der Waals surface area contributed by atoms with Gasteiger partial charge in [0.1, 0.15) is 0 Å². The van der Waals surface area contributed by atoms with Gasteiger partial charge in [-0.25, -0.2) is 8.42 Å². The van der Waals surface area contributed by atoms with Crippen molar-refractivity contribution >= 4 is 21.4 Å². The van der Waals surface area contributed by atoms with Crippen molar-refractivity contribution in [1.82, 2.24) is 0 Å². The third kappa shape index (κ3) is 2.41. The molecule has 1 rings (SSSR count). The Hall–Kier alpha value is -1.36. The maximum atomic E-state index is 11.8. The molecule has 0 unspecified atom stereocenters. The molecule has 4 nitrogen and oxygen atoms in total. The van der Waals surface area contributed by atoms with Crippen LogP contribution >= 0.6 is 0 Å². The summed E-state index contributed by atoms with van der Waals surface area (Å²) in [6.07, 6.45) is 0. The molecule has 0 aliphatic carbocycles. The molecule has 0 spiro atoms. The van der Waals surface area contributed by atoms with Crippen molar-refractivity contribution in [2.45, 2.75) is 18.7 Å². The Morgan fingerprint density at radius 3 is 2.38 bits per heavy atom. The monoisotopic (exact) mass is 241 g/mol. The van der Waals surface area contributed by atoms with Crippen molar-refractivity contribution < 1.29 is 13.2 Å². The van der Waals surface area contributed by atoms with Crippen LogP contribution in [0.4, 0.5) is 5.69 Å². The summed E-state index contributed by atoms with van der Waals surface area (Å²) in [6, 6.07) is 6.51.